The van der Waals surface area contributed by atoms with Crippen LogP contribution in [-0.4, -0.2) is 12.3 Å². The maximum Gasteiger partial charge on any atom is 0.197 e. The molecule has 277 valence electrons. The van der Waals surface area contributed by atoms with Crippen LogP contribution in [0.5, 0.6) is 0 Å². The van der Waals surface area contributed by atoms with Gasteiger partial charge in [-0.1, -0.05) is 161 Å². The number of anilines is 3. The van der Waals surface area contributed by atoms with E-state index in [0.29, 0.717) is 0 Å². The zero-order valence-corrected chi connectivity index (χ0v) is 33.6. The van der Waals surface area contributed by atoms with Crippen molar-refractivity contribution in [3.63, 3.8) is 0 Å². The van der Waals surface area contributed by atoms with Crippen LogP contribution in [0.15, 0.2) is 164 Å². The van der Waals surface area contributed by atoms with Gasteiger partial charge in [-0.2, -0.15) is 0 Å². The molecule has 2 nitrogen and oxygen atoms in total. The van der Waals surface area contributed by atoms with E-state index in [0.717, 1.165) is 5.52 Å². The number of aromatic nitrogens is 1. The molecule has 1 aromatic heterocycles. The van der Waals surface area contributed by atoms with Gasteiger partial charge in [0.2, 0.25) is 0 Å². The highest BCUT2D eigenvalue weighted by Crippen LogP contribution is 2.53. The predicted molar refractivity (Wildman–Crippen MR) is 251 cm³/mol. The number of fused-ring (bicyclic) bond motifs is 13. The molecule has 0 bridgehead atoms. The number of para-hydroxylation sites is 1. The first-order valence-corrected chi connectivity index (χ1v) is 20.9. The van der Waals surface area contributed by atoms with Crippen LogP contribution in [0.25, 0.3) is 76.7 Å². The molecule has 1 radical (unpaired) electrons. The number of H-pyrrole nitrogens is 1. The molecule has 13 rings (SSSR count). The lowest BCUT2D eigenvalue weighted by Gasteiger charge is -2.37. The van der Waals surface area contributed by atoms with E-state index in [-0.39, 0.29) is 10.8 Å². The molecule has 0 spiro atoms. The Hall–Kier alpha value is -6.84. The molecule has 2 heterocycles. The van der Waals surface area contributed by atoms with Crippen LogP contribution in [0.1, 0.15) is 49.9 Å². The third-order valence-electron chi connectivity index (χ3n) is 14.2. The summed E-state index contributed by atoms with van der Waals surface area (Å²) in [6, 6.07) is 61.8. The fourth-order valence-corrected chi connectivity index (χ4v) is 11.3. The van der Waals surface area contributed by atoms with E-state index < -0.39 is 0 Å². The second kappa shape index (κ2) is 11.4. The number of nitrogens with zero attached hydrogens (tertiary/aromatic N) is 1. The smallest absolute Gasteiger partial charge is 0.197 e. The van der Waals surface area contributed by atoms with Gasteiger partial charge in [-0.05, 0) is 113 Å². The third kappa shape index (κ3) is 4.37. The summed E-state index contributed by atoms with van der Waals surface area (Å²) in [5.41, 5.74) is 21.6. The van der Waals surface area contributed by atoms with Crippen molar-refractivity contribution >= 4 is 78.6 Å². The molecule has 59 heavy (non-hydrogen) atoms. The second-order valence-corrected chi connectivity index (χ2v) is 18.0. The van der Waals surface area contributed by atoms with E-state index >= 15 is 0 Å². The van der Waals surface area contributed by atoms with E-state index in [1.54, 1.807) is 0 Å². The summed E-state index contributed by atoms with van der Waals surface area (Å²) >= 11 is 0. The molecule has 0 unspecified atom stereocenters. The van der Waals surface area contributed by atoms with E-state index in [4.69, 9.17) is 0 Å². The Labute approximate surface area is 345 Å². The Balaban J connectivity index is 1.12. The van der Waals surface area contributed by atoms with Crippen molar-refractivity contribution in [2.75, 3.05) is 4.90 Å². The second-order valence-electron chi connectivity index (χ2n) is 18.0. The van der Waals surface area contributed by atoms with Crippen LogP contribution < -0.4 is 15.8 Å². The molecule has 0 atom stereocenters. The molecule has 10 aromatic rings. The monoisotopic (exact) mass is 751 g/mol. The zero-order valence-electron chi connectivity index (χ0n) is 33.6. The predicted octanol–water partition coefficient (Wildman–Crippen LogP) is 13.3. The van der Waals surface area contributed by atoms with E-state index in [9.17, 15) is 0 Å². The maximum absolute atomic E-state index is 3.94. The van der Waals surface area contributed by atoms with Gasteiger partial charge in [-0.3, -0.25) is 0 Å². The van der Waals surface area contributed by atoms with Crippen molar-refractivity contribution in [2.24, 2.45) is 0 Å². The molecule has 0 fully saturated rings. The van der Waals surface area contributed by atoms with Crippen molar-refractivity contribution in [3.05, 3.63) is 186 Å². The third-order valence-corrected chi connectivity index (χ3v) is 14.2. The van der Waals surface area contributed by atoms with Gasteiger partial charge in [-0.15, -0.1) is 0 Å². The highest BCUT2D eigenvalue weighted by atomic mass is 15.1. The van der Waals surface area contributed by atoms with Gasteiger partial charge in [0.05, 0.1) is 5.52 Å². The first-order valence-electron chi connectivity index (χ1n) is 20.9. The summed E-state index contributed by atoms with van der Waals surface area (Å²) in [5, 5.41) is 7.48. The Bertz CT molecular complexity index is 3490. The van der Waals surface area contributed by atoms with Crippen LogP contribution in [0.2, 0.25) is 0 Å². The van der Waals surface area contributed by atoms with Gasteiger partial charge in [0.15, 0.2) is 7.28 Å². The van der Waals surface area contributed by atoms with Gasteiger partial charge < -0.3 is 9.88 Å². The fraction of sp³-hybridized carbons (Fsp3) is 0.107. The molecule has 3 aliphatic rings. The van der Waals surface area contributed by atoms with Crippen molar-refractivity contribution < 1.29 is 0 Å². The van der Waals surface area contributed by atoms with Crippen molar-refractivity contribution in [2.45, 2.75) is 38.5 Å². The van der Waals surface area contributed by atoms with Crippen LogP contribution in [-0.2, 0) is 10.8 Å². The van der Waals surface area contributed by atoms with E-state index in [1.165, 1.54) is 121 Å². The summed E-state index contributed by atoms with van der Waals surface area (Å²) in [6.45, 7) is 9.51. The molecule has 0 saturated heterocycles. The Morgan fingerprint density at radius 2 is 1.05 bits per heavy atom. The topological polar surface area (TPSA) is 19.0 Å². The van der Waals surface area contributed by atoms with Crippen molar-refractivity contribution in [1.29, 1.82) is 0 Å². The standard InChI is InChI=1S/C56H40BN2/c1-55(2)44-22-11-9-18-37(44)41-29-35(24-25-46(41)55)59-50-30-42-38-19-10-12-23-45(38)56(3,4)47(42)31-48(50)57-53-51(59)28-34-16-7-8-17-36(34)52(53)40-21-13-20-39-43-26-32-14-5-6-15-33(32)27-49(43)58-54(39)40/h5-31,58H,1-4H3. The molecular weight excluding hydrogens is 711 g/mol. The molecule has 0 saturated carbocycles. The first kappa shape index (κ1) is 33.2. The SMILES string of the molecule is CC1(C)c2ccccc2-c2cc(N3c4cc5c(cc4[B]c4c3cc3ccccc3c4-c3cccc4c3[nH]c3cc6ccccc6cc34)C(C)(C)c3ccccc3-5)ccc21. The van der Waals surface area contributed by atoms with E-state index in [1.807, 2.05) is 0 Å². The summed E-state index contributed by atoms with van der Waals surface area (Å²) in [4.78, 5) is 6.51. The number of hydrogen-bond acceptors (Lipinski definition) is 1. The van der Waals surface area contributed by atoms with Crippen LogP contribution in [0.3, 0.4) is 0 Å². The normalized spacial score (nSPS) is 15.2. The highest BCUT2D eigenvalue weighted by Gasteiger charge is 2.40. The minimum Gasteiger partial charge on any atom is -0.354 e. The number of aromatic amines is 1. The lowest BCUT2D eigenvalue weighted by Crippen LogP contribution is -2.41. The summed E-state index contributed by atoms with van der Waals surface area (Å²) in [5.74, 6) is 0. The molecule has 3 heteroatoms. The van der Waals surface area contributed by atoms with Crippen LogP contribution >= 0.6 is 0 Å². The number of nitrogens with one attached hydrogen (secondary N) is 1. The van der Waals surface area contributed by atoms with Gasteiger partial charge in [0.1, 0.15) is 0 Å². The van der Waals surface area contributed by atoms with Crippen LogP contribution in [0.4, 0.5) is 17.1 Å². The molecule has 2 aliphatic carbocycles. The molecular formula is C56H40BN2. The quantitative estimate of drug-likeness (QED) is 0.174. The first-order chi connectivity index (χ1) is 28.8. The zero-order chi connectivity index (χ0) is 39.4. The molecule has 1 aliphatic heterocycles. The van der Waals surface area contributed by atoms with Gasteiger partial charge in [-0.25, -0.2) is 0 Å². The number of hydrogen-bond donors (Lipinski definition) is 1. The average Bonchev–Trinajstić information content (AvgIpc) is 3.82. The lowest BCUT2D eigenvalue weighted by atomic mass is 9.57. The summed E-state index contributed by atoms with van der Waals surface area (Å²) in [6.07, 6.45) is 0. The highest BCUT2D eigenvalue weighted by molar-refractivity contribution is 6.74. The minimum absolute atomic E-state index is 0.0699. The van der Waals surface area contributed by atoms with Crippen LogP contribution in [0, 0.1) is 0 Å². The largest absolute Gasteiger partial charge is 0.354 e. The Morgan fingerprint density at radius 1 is 0.441 bits per heavy atom. The van der Waals surface area contributed by atoms with E-state index in [2.05, 4.69) is 209 Å². The molecule has 0 amide bonds. The summed E-state index contributed by atoms with van der Waals surface area (Å²) < 4.78 is 0. The molecule has 9 aromatic carbocycles. The van der Waals surface area contributed by atoms with Gasteiger partial charge in [0, 0.05) is 49.7 Å². The average molecular weight is 752 g/mol. The Kier molecular flexibility index (Phi) is 6.42. The molecule has 1 N–H and O–H groups in total. The number of rotatable bonds is 2. The maximum atomic E-state index is 3.94. The Morgan fingerprint density at radius 3 is 1.83 bits per heavy atom. The van der Waals surface area contributed by atoms with Crippen molar-refractivity contribution in [3.8, 4) is 33.4 Å². The summed E-state index contributed by atoms with van der Waals surface area (Å²) in [7, 11) is 2.49. The lowest BCUT2D eigenvalue weighted by molar-refractivity contribution is 0.660. The number of benzene rings is 9. The van der Waals surface area contributed by atoms with Gasteiger partial charge in [0.25, 0.3) is 0 Å². The van der Waals surface area contributed by atoms with Crippen molar-refractivity contribution in [1.82, 2.24) is 4.98 Å². The minimum atomic E-state index is -0.117. The fourth-order valence-electron chi connectivity index (χ4n) is 11.3. The van der Waals surface area contributed by atoms with Gasteiger partial charge >= 0.3 is 0 Å².